The van der Waals surface area contributed by atoms with E-state index in [1.54, 1.807) is 19.1 Å². The maximum absolute atomic E-state index is 12.2. The molecule has 0 aliphatic rings. The monoisotopic (exact) mass is 356 g/mol. The molecule has 0 aliphatic carbocycles. The maximum atomic E-state index is 12.2. The molecule has 0 heterocycles. The Bertz CT molecular complexity index is 626. The van der Waals surface area contributed by atoms with Crippen LogP contribution in [-0.2, 0) is 14.8 Å². The molecule has 0 radical (unpaired) electrons. The number of sulfonamides is 1. The number of carbonyl (C=O) groups excluding carboxylic acids is 1. The minimum absolute atomic E-state index is 0.129. The van der Waals surface area contributed by atoms with Gasteiger partial charge in [0.05, 0.1) is 4.90 Å². The molecule has 1 aromatic carbocycles. The number of hydrogen-bond acceptors (Lipinski definition) is 4. The van der Waals surface area contributed by atoms with E-state index in [1.165, 1.54) is 12.1 Å². The molecule has 24 heavy (non-hydrogen) atoms. The van der Waals surface area contributed by atoms with Crippen LogP contribution in [0.3, 0.4) is 0 Å². The molecule has 136 valence electrons. The molecule has 0 aromatic heterocycles. The predicted octanol–water partition coefficient (Wildman–Crippen LogP) is 2.30. The molecule has 1 aromatic rings. The Kier molecular flexibility index (Phi) is 7.69. The van der Waals surface area contributed by atoms with Gasteiger partial charge in [-0.15, -0.1) is 0 Å². The lowest BCUT2D eigenvalue weighted by Crippen LogP contribution is -2.38. The Morgan fingerprint density at radius 3 is 2.21 bits per heavy atom. The van der Waals surface area contributed by atoms with Crippen LogP contribution in [-0.4, -0.2) is 33.0 Å². The molecule has 6 nitrogen and oxygen atoms in total. The fourth-order valence-corrected chi connectivity index (χ4v) is 3.15. The van der Waals surface area contributed by atoms with E-state index in [-0.39, 0.29) is 16.8 Å². The summed E-state index contributed by atoms with van der Waals surface area (Å²) in [6.45, 7) is 9.99. The molecule has 1 amide bonds. The van der Waals surface area contributed by atoms with Crippen molar-refractivity contribution in [3.63, 3.8) is 0 Å². The molecule has 2 atom stereocenters. The summed E-state index contributed by atoms with van der Waals surface area (Å²) in [6, 6.07) is 5.92. The quantitative estimate of drug-likeness (QED) is 0.711. The number of amides is 1. The summed E-state index contributed by atoms with van der Waals surface area (Å²) in [4.78, 5) is 12.1. The zero-order valence-electron chi connectivity index (χ0n) is 15.0. The normalized spacial score (nSPS) is 14.2. The molecule has 0 bridgehead atoms. The van der Waals surface area contributed by atoms with Gasteiger partial charge in [-0.2, -0.15) is 0 Å². The van der Waals surface area contributed by atoms with Crippen LogP contribution < -0.4 is 14.8 Å². The van der Waals surface area contributed by atoms with Gasteiger partial charge in [-0.05, 0) is 50.5 Å². The fourth-order valence-electron chi connectivity index (χ4n) is 1.82. The number of carbonyl (C=O) groups is 1. The number of hydrogen-bond donors (Lipinski definition) is 2. The SMILES string of the molecule is CC[C@@H](C)NS(=O)(=O)c1ccc(O[C@@H](C)C(=O)NCC(C)C)cc1. The van der Waals surface area contributed by atoms with Crippen molar-refractivity contribution in [2.45, 2.75) is 58.1 Å². The smallest absolute Gasteiger partial charge is 0.260 e. The zero-order valence-corrected chi connectivity index (χ0v) is 15.8. The Morgan fingerprint density at radius 2 is 1.71 bits per heavy atom. The standard InChI is InChI=1S/C17H28N2O4S/c1-6-13(4)19-24(21,22)16-9-7-15(8-10-16)23-14(5)17(20)18-11-12(2)3/h7-10,12-14,19H,6,11H2,1-5H3,(H,18,20)/t13-,14+/m1/s1. The highest BCUT2D eigenvalue weighted by Crippen LogP contribution is 2.17. The first kappa shape index (κ1) is 20.4. The fraction of sp³-hybridized carbons (Fsp3) is 0.588. The van der Waals surface area contributed by atoms with Crippen molar-refractivity contribution in [1.82, 2.24) is 10.0 Å². The second-order valence-corrected chi connectivity index (χ2v) is 8.02. The van der Waals surface area contributed by atoms with Gasteiger partial charge in [0, 0.05) is 12.6 Å². The predicted molar refractivity (Wildman–Crippen MR) is 94.5 cm³/mol. The van der Waals surface area contributed by atoms with Gasteiger partial charge in [0.25, 0.3) is 5.91 Å². The summed E-state index contributed by atoms with van der Waals surface area (Å²) in [7, 11) is -3.54. The second-order valence-electron chi connectivity index (χ2n) is 6.30. The summed E-state index contributed by atoms with van der Waals surface area (Å²) < 4.78 is 32.5. The third kappa shape index (κ3) is 6.49. The van der Waals surface area contributed by atoms with E-state index < -0.39 is 16.1 Å². The summed E-state index contributed by atoms with van der Waals surface area (Å²) in [6.07, 6.45) is 0.0631. The van der Waals surface area contributed by atoms with Crippen LogP contribution in [0.25, 0.3) is 0 Å². The summed E-state index contributed by atoms with van der Waals surface area (Å²) in [5.74, 6) is 0.618. The average Bonchev–Trinajstić information content (AvgIpc) is 2.52. The topological polar surface area (TPSA) is 84.5 Å². The van der Waals surface area contributed by atoms with E-state index >= 15 is 0 Å². The van der Waals surface area contributed by atoms with Gasteiger partial charge < -0.3 is 10.1 Å². The molecule has 0 spiro atoms. The third-order valence-corrected chi connectivity index (χ3v) is 5.07. The zero-order chi connectivity index (χ0) is 18.3. The Balaban J connectivity index is 2.69. The lowest BCUT2D eigenvalue weighted by molar-refractivity contribution is -0.127. The van der Waals surface area contributed by atoms with Crippen LogP contribution in [0.5, 0.6) is 5.75 Å². The van der Waals surface area contributed by atoms with E-state index in [0.717, 1.165) is 0 Å². The van der Waals surface area contributed by atoms with Crippen LogP contribution in [0.15, 0.2) is 29.2 Å². The highest BCUT2D eigenvalue weighted by molar-refractivity contribution is 7.89. The first-order valence-corrected chi connectivity index (χ1v) is 9.70. The average molecular weight is 356 g/mol. The number of benzene rings is 1. The Hall–Kier alpha value is -1.60. The van der Waals surface area contributed by atoms with Crippen LogP contribution >= 0.6 is 0 Å². The van der Waals surface area contributed by atoms with Crippen molar-refractivity contribution in [2.24, 2.45) is 5.92 Å². The molecule has 7 heteroatoms. The molecule has 0 unspecified atom stereocenters. The molecule has 0 fully saturated rings. The van der Waals surface area contributed by atoms with Gasteiger partial charge in [0.2, 0.25) is 10.0 Å². The van der Waals surface area contributed by atoms with Gasteiger partial charge in [0.1, 0.15) is 5.75 Å². The molecule has 0 aliphatic heterocycles. The minimum atomic E-state index is -3.54. The number of nitrogens with one attached hydrogen (secondary N) is 2. The van der Waals surface area contributed by atoms with Crippen LogP contribution in [0.2, 0.25) is 0 Å². The lowest BCUT2D eigenvalue weighted by atomic mass is 10.2. The largest absolute Gasteiger partial charge is 0.481 e. The van der Waals surface area contributed by atoms with Crippen molar-refractivity contribution in [1.29, 1.82) is 0 Å². The van der Waals surface area contributed by atoms with Crippen molar-refractivity contribution in [3.05, 3.63) is 24.3 Å². The Labute approximate surface area is 145 Å². The van der Waals surface area contributed by atoms with Gasteiger partial charge >= 0.3 is 0 Å². The van der Waals surface area contributed by atoms with Crippen molar-refractivity contribution >= 4 is 15.9 Å². The molecule has 2 N–H and O–H groups in total. The van der Waals surface area contributed by atoms with Gasteiger partial charge in [-0.1, -0.05) is 20.8 Å². The van der Waals surface area contributed by atoms with E-state index in [4.69, 9.17) is 4.74 Å². The van der Waals surface area contributed by atoms with E-state index in [0.29, 0.717) is 24.6 Å². The Morgan fingerprint density at radius 1 is 1.12 bits per heavy atom. The van der Waals surface area contributed by atoms with Gasteiger partial charge in [-0.25, -0.2) is 13.1 Å². The second kappa shape index (κ2) is 9.03. The van der Waals surface area contributed by atoms with Crippen LogP contribution in [0, 0.1) is 5.92 Å². The van der Waals surface area contributed by atoms with E-state index in [1.807, 2.05) is 27.7 Å². The molecule has 0 saturated carbocycles. The highest BCUT2D eigenvalue weighted by atomic mass is 32.2. The highest BCUT2D eigenvalue weighted by Gasteiger charge is 2.18. The van der Waals surface area contributed by atoms with Gasteiger partial charge in [0.15, 0.2) is 6.10 Å². The molecular formula is C17H28N2O4S. The van der Waals surface area contributed by atoms with Gasteiger partial charge in [-0.3, -0.25) is 4.79 Å². The van der Waals surface area contributed by atoms with Crippen molar-refractivity contribution in [3.8, 4) is 5.75 Å². The van der Waals surface area contributed by atoms with Crippen molar-refractivity contribution < 1.29 is 17.9 Å². The summed E-state index contributed by atoms with van der Waals surface area (Å²) >= 11 is 0. The van der Waals surface area contributed by atoms with Crippen LogP contribution in [0.1, 0.15) is 41.0 Å². The summed E-state index contributed by atoms with van der Waals surface area (Å²) in [5.41, 5.74) is 0. The third-order valence-electron chi connectivity index (χ3n) is 3.47. The lowest BCUT2D eigenvalue weighted by Gasteiger charge is -2.16. The summed E-state index contributed by atoms with van der Waals surface area (Å²) in [5, 5.41) is 2.80. The van der Waals surface area contributed by atoms with Crippen molar-refractivity contribution in [2.75, 3.05) is 6.54 Å². The number of ether oxygens (including phenoxy) is 1. The first-order valence-electron chi connectivity index (χ1n) is 8.22. The number of rotatable bonds is 9. The van der Waals surface area contributed by atoms with E-state index in [2.05, 4.69) is 10.0 Å². The van der Waals surface area contributed by atoms with Crippen LogP contribution in [0.4, 0.5) is 0 Å². The molecular weight excluding hydrogens is 328 g/mol. The maximum Gasteiger partial charge on any atom is 0.260 e. The molecule has 0 saturated heterocycles. The minimum Gasteiger partial charge on any atom is -0.481 e. The van der Waals surface area contributed by atoms with E-state index in [9.17, 15) is 13.2 Å². The molecule has 1 rings (SSSR count). The first-order chi connectivity index (χ1) is 11.2.